The molecule has 9 heteroatoms. The number of aryl methyl sites for hydroxylation is 1. The molecule has 0 radical (unpaired) electrons. The first kappa shape index (κ1) is 30.0. The van der Waals surface area contributed by atoms with E-state index in [1.165, 1.54) is 19.2 Å². The predicted molar refractivity (Wildman–Crippen MR) is 137 cm³/mol. The Morgan fingerprint density at radius 2 is 1.69 bits per heavy atom. The van der Waals surface area contributed by atoms with Gasteiger partial charge in [0.05, 0.1) is 19.1 Å². The highest BCUT2D eigenvalue weighted by atomic mass is 28.3. The summed E-state index contributed by atoms with van der Waals surface area (Å²) in [6.07, 6.45) is -3.67. The summed E-state index contributed by atoms with van der Waals surface area (Å²) < 4.78 is 44.8. The van der Waals surface area contributed by atoms with E-state index >= 15 is 0 Å². The van der Waals surface area contributed by atoms with Crippen molar-refractivity contribution in [2.45, 2.75) is 91.0 Å². The SMILES string of the molecule is CCC(C)(CC(C)(C)C#C[Si](C)(C)C)[C@@H](C(=O)OC)C(O)CCc1ccc(C2(C(F)(F)F)N=N2)cc1. The number of alkyl halides is 3. The highest BCUT2D eigenvalue weighted by molar-refractivity contribution is 6.83. The first-order chi connectivity index (χ1) is 16.4. The Balaban J connectivity index is 2.19. The number of aliphatic hydroxyl groups excluding tert-OH is 1. The molecule has 200 valence electrons. The summed E-state index contributed by atoms with van der Waals surface area (Å²) in [6, 6.07) is 5.89. The van der Waals surface area contributed by atoms with Gasteiger partial charge in [-0.25, -0.2) is 0 Å². The largest absolute Gasteiger partial charge is 0.469 e. The molecular formula is C27H39F3N2O3Si. The highest BCUT2D eigenvalue weighted by Crippen LogP contribution is 2.52. The molecule has 0 aliphatic carbocycles. The molecule has 0 amide bonds. The Kier molecular flexibility index (Phi) is 8.90. The lowest BCUT2D eigenvalue weighted by atomic mass is 9.63. The number of hydrogen-bond acceptors (Lipinski definition) is 5. The second-order valence-electron chi connectivity index (χ2n) is 11.7. The van der Waals surface area contributed by atoms with Crippen molar-refractivity contribution in [3.63, 3.8) is 0 Å². The lowest BCUT2D eigenvalue weighted by molar-refractivity contribution is -0.166. The zero-order valence-corrected chi connectivity index (χ0v) is 23.6. The van der Waals surface area contributed by atoms with E-state index < -0.39 is 43.3 Å². The molecule has 1 aromatic rings. The fraction of sp³-hybridized carbons (Fsp3) is 0.667. The molecule has 0 spiro atoms. The van der Waals surface area contributed by atoms with Gasteiger partial charge in [0, 0.05) is 11.0 Å². The van der Waals surface area contributed by atoms with Crippen molar-refractivity contribution in [1.82, 2.24) is 0 Å². The van der Waals surface area contributed by atoms with Crippen molar-refractivity contribution in [2.75, 3.05) is 7.11 Å². The first-order valence-electron chi connectivity index (χ1n) is 12.3. The first-order valence-corrected chi connectivity index (χ1v) is 15.8. The Labute approximate surface area is 213 Å². The zero-order valence-electron chi connectivity index (χ0n) is 22.6. The molecule has 2 rings (SSSR count). The summed E-state index contributed by atoms with van der Waals surface area (Å²) in [5.41, 5.74) is 0.758. The minimum absolute atomic E-state index is 0.0352. The molecule has 1 N–H and O–H groups in total. The van der Waals surface area contributed by atoms with Crippen molar-refractivity contribution in [3.8, 4) is 11.5 Å². The Morgan fingerprint density at radius 3 is 2.11 bits per heavy atom. The van der Waals surface area contributed by atoms with Crippen LogP contribution in [-0.4, -0.2) is 38.5 Å². The van der Waals surface area contributed by atoms with Crippen LogP contribution in [0, 0.1) is 28.2 Å². The molecule has 1 aliphatic rings. The molecule has 36 heavy (non-hydrogen) atoms. The predicted octanol–water partition coefficient (Wildman–Crippen LogP) is 6.66. The number of rotatable bonds is 10. The van der Waals surface area contributed by atoms with Gasteiger partial charge in [0.15, 0.2) is 0 Å². The van der Waals surface area contributed by atoms with E-state index in [1.54, 1.807) is 12.1 Å². The van der Waals surface area contributed by atoms with Crippen LogP contribution < -0.4 is 0 Å². The van der Waals surface area contributed by atoms with Crippen LogP contribution in [-0.2, 0) is 21.6 Å². The summed E-state index contributed by atoms with van der Waals surface area (Å²) >= 11 is 0. The van der Waals surface area contributed by atoms with Crippen LogP contribution in [0.1, 0.15) is 58.1 Å². The molecule has 0 bridgehead atoms. The molecule has 5 nitrogen and oxygen atoms in total. The van der Waals surface area contributed by atoms with E-state index in [0.29, 0.717) is 19.3 Å². The number of hydrogen-bond donors (Lipinski definition) is 1. The van der Waals surface area contributed by atoms with Gasteiger partial charge >= 0.3 is 17.8 Å². The quantitative estimate of drug-likeness (QED) is 0.211. The van der Waals surface area contributed by atoms with Crippen LogP contribution in [0.2, 0.25) is 19.6 Å². The number of nitrogens with zero attached hydrogens (tertiary/aromatic N) is 2. The maximum absolute atomic E-state index is 13.2. The molecular weight excluding hydrogens is 485 g/mol. The average Bonchev–Trinajstić information content (AvgIpc) is 3.58. The summed E-state index contributed by atoms with van der Waals surface area (Å²) in [5, 5.41) is 17.6. The van der Waals surface area contributed by atoms with Gasteiger partial charge in [-0.1, -0.05) is 57.8 Å². The van der Waals surface area contributed by atoms with E-state index in [4.69, 9.17) is 4.74 Å². The van der Waals surface area contributed by atoms with Gasteiger partial charge in [-0.2, -0.15) is 13.2 Å². The number of methoxy groups -OCH3 is 1. The lowest BCUT2D eigenvalue weighted by Gasteiger charge is -2.41. The smallest absolute Gasteiger partial charge is 0.442 e. The van der Waals surface area contributed by atoms with Crippen LogP contribution in [0.5, 0.6) is 0 Å². The third-order valence-electron chi connectivity index (χ3n) is 6.80. The van der Waals surface area contributed by atoms with E-state index in [1.807, 2.05) is 13.8 Å². The molecule has 3 atom stereocenters. The van der Waals surface area contributed by atoms with Crippen molar-refractivity contribution < 1.29 is 27.8 Å². The summed E-state index contributed by atoms with van der Waals surface area (Å²) in [7, 11) is -0.262. The topological polar surface area (TPSA) is 71.2 Å². The second-order valence-corrected chi connectivity index (χ2v) is 16.5. The van der Waals surface area contributed by atoms with Crippen molar-refractivity contribution in [1.29, 1.82) is 0 Å². The number of ether oxygens (including phenoxy) is 1. The van der Waals surface area contributed by atoms with Gasteiger partial charge in [0.1, 0.15) is 8.07 Å². The average molecular weight is 525 g/mol. The molecule has 0 saturated carbocycles. The molecule has 2 unspecified atom stereocenters. The third kappa shape index (κ3) is 7.19. The van der Waals surface area contributed by atoms with Gasteiger partial charge in [0.2, 0.25) is 0 Å². The van der Waals surface area contributed by atoms with Crippen LogP contribution in [0.25, 0.3) is 0 Å². The van der Waals surface area contributed by atoms with Gasteiger partial charge in [0.25, 0.3) is 0 Å². The molecule has 0 aromatic heterocycles. The van der Waals surface area contributed by atoms with Crippen molar-refractivity contribution in [2.24, 2.45) is 27.0 Å². The molecule has 1 aliphatic heterocycles. The van der Waals surface area contributed by atoms with Crippen LogP contribution in [0.4, 0.5) is 13.2 Å². The summed E-state index contributed by atoms with van der Waals surface area (Å²) in [5.74, 6) is 2.17. The monoisotopic (exact) mass is 524 g/mol. The second kappa shape index (κ2) is 10.7. The van der Waals surface area contributed by atoms with Crippen molar-refractivity contribution >= 4 is 14.0 Å². The number of carbonyl (C=O) groups is 1. The van der Waals surface area contributed by atoms with Gasteiger partial charge < -0.3 is 9.84 Å². The van der Waals surface area contributed by atoms with E-state index in [0.717, 1.165) is 5.56 Å². The van der Waals surface area contributed by atoms with Crippen LogP contribution in [0.15, 0.2) is 34.5 Å². The molecule has 0 saturated heterocycles. The highest BCUT2D eigenvalue weighted by Gasteiger charge is 2.65. The number of carbonyl (C=O) groups excluding carboxylic acids is 1. The fourth-order valence-corrected chi connectivity index (χ4v) is 5.44. The Bertz CT molecular complexity index is 1010. The zero-order chi connectivity index (χ0) is 27.6. The summed E-state index contributed by atoms with van der Waals surface area (Å²) in [4.78, 5) is 12.9. The Hall–Kier alpha value is -2.18. The van der Waals surface area contributed by atoms with Gasteiger partial charge in [-0.05, 0) is 50.5 Å². The molecule has 0 fully saturated rings. The van der Waals surface area contributed by atoms with Crippen molar-refractivity contribution in [3.05, 3.63) is 35.4 Å². The maximum Gasteiger partial charge on any atom is 0.442 e. The minimum atomic E-state index is -4.57. The molecule has 1 heterocycles. The maximum atomic E-state index is 13.2. The molecule has 1 aromatic carbocycles. The van der Waals surface area contributed by atoms with Gasteiger partial charge in [-0.15, -0.1) is 21.7 Å². The number of benzene rings is 1. The minimum Gasteiger partial charge on any atom is -0.469 e. The van der Waals surface area contributed by atoms with E-state index in [9.17, 15) is 23.1 Å². The normalized spacial score (nSPS) is 18.4. The Morgan fingerprint density at radius 1 is 1.14 bits per heavy atom. The number of aliphatic hydroxyl groups is 1. The van der Waals surface area contributed by atoms with E-state index in [2.05, 4.69) is 55.2 Å². The van der Waals surface area contributed by atoms with Crippen LogP contribution in [0.3, 0.4) is 0 Å². The van der Waals surface area contributed by atoms with E-state index in [-0.39, 0.29) is 17.4 Å². The lowest BCUT2D eigenvalue weighted by Crippen LogP contribution is -2.44. The van der Waals surface area contributed by atoms with Gasteiger partial charge in [-0.3, -0.25) is 4.79 Å². The standard InChI is InChI=1S/C27H39F3N2O3Si/c1-9-25(4,18-24(2,3)16-17-36(6,7)8)22(23(34)35-5)21(33)15-12-19-10-13-20(14-11-19)26(31-32-26)27(28,29)30/h10-11,13-14,21-22,33H,9,12,15,18H2,1-8H3/t21?,22-,25?/m1/s1. The third-order valence-corrected chi connectivity index (χ3v) is 7.68. The number of esters is 1. The van der Waals surface area contributed by atoms with Crippen LogP contribution >= 0.6 is 0 Å². The fourth-order valence-electron chi connectivity index (χ4n) is 4.73. The number of halogens is 3. The summed E-state index contributed by atoms with van der Waals surface area (Å²) in [6.45, 7) is 14.6.